The van der Waals surface area contributed by atoms with Crippen molar-refractivity contribution < 1.29 is 18.7 Å². The lowest BCUT2D eigenvalue weighted by atomic mass is 10.1. The van der Waals surface area contributed by atoms with E-state index < -0.39 is 23.6 Å². The number of benzene rings is 2. The Balaban J connectivity index is 2.08. The Morgan fingerprint density at radius 2 is 1.82 bits per heavy atom. The summed E-state index contributed by atoms with van der Waals surface area (Å²) < 4.78 is 26.3. The predicted molar refractivity (Wildman–Crippen MR) is 80.1 cm³/mol. The summed E-state index contributed by atoms with van der Waals surface area (Å²) in [4.78, 5) is 11.8. The van der Waals surface area contributed by atoms with Crippen LogP contribution in [0.4, 0.5) is 8.78 Å². The molecular weight excluding hydrogens is 335 g/mol. The highest BCUT2D eigenvalue weighted by Crippen LogP contribution is 2.29. The van der Waals surface area contributed by atoms with Crippen molar-refractivity contribution in [2.45, 2.75) is 6.10 Å². The molecule has 116 valence electrons. The van der Waals surface area contributed by atoms with E-state index in [-0.39, 0.29) is 27.7 Å². The van der Waals surface area contributed by atoms with Gasteiger partial charge in [-0.1, -0.05) is 29.3 Å². The molecule has 0 radical (unpaired) electrons. The molecule has 0 fully saturated rings. The van der Waals surface area contributed by atoms with Gasteiger partial charge in [-0.3, -0.25) is 4.79 Å². The normalized spacial score (nSPS) is 12.0. The topological polar surface area (TPSA) is 49.3 Å². The Labute approximate surface area is 135 Å². The quantitative estimate of drug-likeness (QED) is 0.886. The van der Waals surface area contributed by atoms with E-state index in [9.17, 15) is 18.7 Å². The van der Waals surface area contributed by atoms with Crippen molar-refractivity contribution in [3.8, 4) is 0 Å². The number of nitrogens with one attached hydrogen (secondary N) is 1. The summed E-state index contributed by atoms with van der Waals surface area (Å²) >= 11 is 11.9. The van der Waals surface area contributed by atoms with Crippen molar-refractivity contribution in [1.82, 2.24) is 5.32 Å². The number of carbonyl (C=O) groups is 1. The van der Waals surface area contributed by atoms with E-state index in [0.29, 0.717) is 6.07 Å². The Morgan fingerprint density at radius 3 is 2.41 bits per heavy atom. The van der Waals surface area contributed by atoms with Gasteiger partial charge in [-0.2, -0.15) is 0 Å². The summed E-state index contributed by atoms with van der Waals surface area (Å²) in [6.07, 6.45) is -1.16. The van der Waals surface area contributed by atoms with Crippen LogP contribution < -0.4 is 5.32 Å². The molecule has 3 nitrogen and oxygen atoms in total. The minimum Gasteiger partial charge on any atom is -0.386 e. The molecule has 22 heavy (non-hydrogen) atoms. The van der Waals surface area contributed by atoms with Crippen molar-refractivity contribution in [3.63, 3.8) is 0 Å². The second-order valence-corrected chi connectivity index (χ2v) is 5.30. The maximum atomic E-state index is 13.5. The van der Waals surface area contributed by atoms with Crippen molar-refractivity contribution in [1.29, 1.82) is 0 Å². The fraction of sp³-hybridized carbons (Fsp3) is 0.133. The third kappa shape index (κ3) is 3.74. The van der Waals surface area contributed by atoms with E-state index >= 15 is 0 Å². The van der Waals surface area contributed by atoms with E-state index in [0.717, 1.165) is 12.1 Å². The molecule has 2 rings (SSSR count). The molecular formula is C15H11Cl2F2NO2. The van der Waals surface area contributed by atoms with Crippen LogP contribution in [0.3, 0.4) is 0 Å². The average molecular weight is 346 g/mol. The highest BCUT2D eigenvalue weighted by atomic mass is 35.5. The Hall–Kier alpha value is -1.69. The second-order valence-electron chi connectivity index (χ2n) is 4.49. The number of aliphatic hydroxyl groups excluding tert-OH is 1. The zero-order valence-electron chi connectivity index (χ0n) is 11.1. The zero-order chi connectivity index (χ0) is 16.3. The fourth-order valence-corrected chi connectivity index (χ4v) is 2.54. The number of halogens is 4. The summed E-state index contributed by atoms with van der Waals surface area (Å²) in [6, 6.07) is 7.32. The monoisotopic (exact) mass is 345 g/mol. The molecule has 0 aliphatic heterocycles. The second kappa shape index (κ2) is 7.05. The number of rotatable bonds is 4. The molecule has 1 unspecified atom stereocenters. The number of aliphatic hydroxyl groups is 1. The largest absolute Gasteiger partial charge is 0.386 e. The number of amides is 1. The van der Waals surface area contributed by atoms with Crippen LogP contribution in [0.2, 0.25) is 10.0 Å². The minimum atomic E-state index is -1.16. The van der Waals surface area contributed by atoms with Gasteiger partial charge in [-0.25, -0.2) is 8.78 Å². The molecule has 0 saturated carbocycles. The van der Waals surface area contributed by atoms with E-state index in [1.807, 2.05) is 0 Å². The molecule has 1 amide bonds. The molecule has 1 atom stereocenters. The lowest BCUT2D eigenvalue weighted by Gasteiger charge is -2.15. The van der Waals surface area contributed by atoms with Gasteiger partial charge in [-0.05, 0) is 24.3 Å². The molecule has 2 aromatic rings. The molecule has 2 aromatic carbocycles. The first-order valence-corrected chi connectivity index (χ1v) is 7.01. The highest BCUT2D eigenvalue weighted by Gasteiger charge is 2.18. The summed E-state index contributed by atoms with van der Waals surface area (Å²) in [6.45, 7) is -0.223. The first kappa shape index (κ1) is 16.7. The summed E-state index contributed by atoms with van der Waals surface area (Å²) in [7, 11) is 0. The van der Waals surface area contributed by atoms with Crippen LogP contribution in [0.1, 0.15) is 22.0 Å². The average Bonchev–Trinajstić information content (AvgIpc) is 2.44. The lowest BCUT2D eigenvalue weighted by Crippen LogP contribution is -2.29. The maximum absolute atomic E-state index is 13.5. The molecule has 0 heterocycles. The van der Waals surface area contributed by atoms with Crippen molar-refractivity contribution in [3.05, 3.63) is 69.2 Å². The van der Waals surface area contributed by atoms with E-state index in [4.69, 9.17) is 23.2 Å². The number of carbonyl (C=O) groups excluding carboxylic acids is 1. The molecule has 0 bridgehead atoms. The van der Waals surface area contributed by atoms with Crippen molar-refractivity contribution in [2.75, 3.05) is 6.54 Å². The van der Waals surface area contributed by atoms with Gasteiger partial charge in [-0.15, -0.1) is 0 Å². The van der Waals surface area contributed by atoms with Gasteiger partial charge in [0.15, 0.2) is 0 Å². The van der Waals surface area contributed by atoms with Gasteiger partial charge in [0, 0.05) is 28.2 Å². The Morgan fingerprint density at radius 1 is 1.18 bits per heavy atom. The van der Waals surface area contributed by atoms with E-state index in [1.54, 1.807) is 18.2 Å². The number of hydrogen-bond acceptors (Lipinski definition) is 2. The van der Waals surface area contributed by atoms with Crippen LogP contribution in [-0.2, 0) is 0 Å². The molecule has 0 aliphatic carbocycles. The molecule has 7 heteroatoms. The first-order valence-electron chi connectivity index (χ1n) is 6.25. The Bertz CT molecular complexity index is 690. The SMILES string of the molecule is O=C(NCC(O)c1c(Cl)cccc1Cl)c1ccc(F)cc1F. The summed E-state index contributed by atoms with van der Waals surface area (Å²) in [5.41, 5.74) is -0.0513. The van der Waals surface area contributed by atoms with Gasteiger partial charge >= 0.3 is 0 Å². The molecule has 2 N–H and O–H groups in total. The molecule has 0 spiro atoms. The third-order valence-corrected chi connectivity index (χ3v) is 3.62. The van der Waals surface area contributed by atoms with Crippen molar-refractivity contribution >= 4 is 29.1 Å². The zero-order valence-corrected chi connectivity index (χ0v) is 12.6. The minimum absolute atomic E-state index is 0.223. The predicted octanol–water partition coefficient (Wildman–Crippen LogP) is 3.74. The van der Waals surface area contributed by atoms with Crippen LogP contribution in [-0.4, -0.2) is 17.6 Å². The molecule has 0 aromatic heterocycles. The van der Waals surface area contributed by atoms with E-state index in [1.165, 1.54) is 0 Å². The van der Waals surface area contributed by atoms with Gasteiger partial charge in [0.1, 0.15) is 11.6 Å². The van der Waals surface area contributed by atoms with Gasteiger partial charge in [0.2, 0.25) is 0 Å². The van der Waals surface area contributed by atoms with Crippen LogP contribution in [0, 0.1) is 11.6 Å². The third-order valence-electron chi connectivity index (χ3n) is 2.96. The molecule has 0 aliphatic rings. The lowest BCUT2D eigenvalue weighted by molar-refractivity contribution is 0.0912. The van der Waals surface area contributed by atoms with Gasteiger partial charge in [0.25, 0.3) is 5.91 Å². The van der Waals surface area contributed by atoms with Gasteiger partial charge < -0.3 is 10.4 Å². The number of hydrogen-bond donors (Lipinski definition) is 2. The Kier molecular flexibility index (Phi) is 5.34. The van der Waals surface area contributed by atoms with Crippen LogP contribution >= 0.6 is 23.2 Å². The van der Waals surface area contributed by atoms with Crippen LogP contribution in [0.5, 0.6) is 0 Å². The summed E-state index contributed by atoms with van der Waals surface area (Å²) in [5, 5.41) is 12.9. The first-order chi connectivity index (χ1) is 10.4. The smallest absolute Gasteiger partial charge is 0.254 e. The van der Waals surface area contributed by atoms with Crippen LogP contribution in [0.25, 0.3) is 0 Å². The highest BCUT2D eigenvalue weighted by molar-refractivity contribution is 6.36. The van der Waals surface area contributed by atoms with Crippen LogP contribution in [0.15, 0.2) is 36.4 Å². The fourth-order valence-electron chi connectivity index (χ4n) is 1.89. The van der Waals surface area contributed by atoms with Crippen molar-refractivity contribution in [2.24, 2.45) is 0 Å². The maximum Gasteiger partial charge on any atom is 0.254 e. The van der Waals surface area contributed by atoms with Gasteiger partial charge in [0.05, 0.1) is 11.7 Å². The molecule has 0 saturated heterocycles. The summed E-state index contributed by atoms with van der Waals surface area (Å²) in [5.74, 6) is -2.54. The van der Waals surface area contributed by atoms with E-state index in [2.05, 4.69) is 5.32 Å². The standard InChI is InChI=1S/C15H11Cl2F2NO2/c16-10-2-1-3-11(17)14(10)13(21)7-20-15(22)9-5-4-8(18)6-12(9)19/h1-6,13,21H,7H2,(H,20,22).